The maximum atomic E-state index is 11.5. The van der Waals surface area contributed by atoms with Crippen LogP contribution in [-0.2, 0) is 11.3 Å². The highest BCUT2D eigenvalue weighted by Gasteiger charge is 2.12. The van der Waals surface area contributed by atoms with Gasteiger partial charge in [-0.1, -0.05) is 0 Å². The van der Waals surface area contributed by atoms with E-state index in [-0.39, 0.29) is 25.1 Å². The molecule has 0 saturated carbocycles. The van der Waals surface area contributed by atoms with E-state index in [0.29, 0.717) is 5.69 Å². The minimum absolute atomic E-state index is 0.0784. The number of amides is 1. The molecule has 0 aliphatic carbocycles. The maximum absolute atomic E-state index is 11.5. The van der Waals surface area contributed by atoms with E-state index in [4.69, 9.17) is 10.8 Å². The van der Waals surface area contributed by atoms with Crippen molar-refractivity contribution >= 4 is 11.6 Å². The van der Waals surface area contributed by atoms with Crippen LogP contribution in [0.1, 0.15) is 18.3 Å². The van der Waals surface area contributed by atoms with E-state index < -0.39 is 0 Å². The molecule has 1 amide bonds. The van der Waals surface area contributed by atoms with Crippen molar-refractivity contribution in [2.24, 2.45) is 0 Å². The van der Waals surface area contributed by atoms with Crippen molar-refractivity contribution in [1.29, 1.82) is 0 Å². The molecule has 0 fully saturated rings. The topological polar surface area (TPSA) is 93.2 Å². The van der Waals surface area contributed by atoms with Crippen molar-refractivity contribution < 1.29 is 9.90 Å². The molecule has 1 aromatic heterocycles. The number of nitrogens with one attached hydrogen (secondary N) is 1. The van der Waals surface area contributed by atoms with Crippen LogP contribution >= 0.6 is 0 Å². The minimum atomic E-state index is -0.248. The minimum Gasteiger partial charge on any atom is -0.396 e. The number of aliphatic hydroxyl groups excluding tert-OH is 1. The number of aliphatic hydroxyl groups is 1. The Kier molecular flexibility index (Phi) is 3.89. The summed E-state index contributed by atoms with van der Waals surface area (Å²) in [6.07, 6.45) is 0. The fourth-order valence-electron chi connectivity index (χ4n) is 1.37. The van der Waals surface area contributed by atoms with Crippen LogP contribution in [0.25, 0.3) is 0 Å². The van der Waals surface area contributed by atoms with Gasteiger partial charge in [0, 0.05) is 6.04 Å². The zero-order chi connectivity index (χ0) is 12.3. The van der Waals surface area contributed by atoms with E-state index in [1.165, 1.54) is 0 Å². The van der Waals surface area contributed by atoms with Crippen LogP contribution in [0, 0.1) is 13.8 Å². The summed E-state index contributed by atoms with van der Waals surface area (Å²) in [5.74, 6) is -0.188. The molecule has 0 bridgehead atoms. The van der Waals surface area contributed by atoms with Gasteiger partial charge in [-0.25, -0.2) is 0 Å². The Morgan fingerprint density at radius 1 is 1.62 bits per heavy atom. The highest BCUT2D eigenvalue weighted by atomic mass is 16.3. The van der Waals surface area contributed by atoms with Gasteiger partial charge in [-0.15, -0.1) is 0 Å². The summed E-state index contributed by atoms with van der Waals surface area (Å²) in [5.41, 5.74) is 7.87. The standard InChI is InChI=1S/C10H18N4O2/c1-6(5-15)12-9(16)4-14-8(3)10(11)7(2)13-14/h6,15H,4-5,11H2,1-3H3,(H,12,16)/t6-/m0/s1. The summed E-state index contributed by atoms with van der Waals surface area (Å²) in [6, 6.07) is -0.248. The molecule has 0 aliphatic heterocycles. The Balaban J connectivity index is 2.66. The average molecular weight is 226 g/mol. The Hall–Kier alpha value is -1.56. The number of nitrogen functional groups attached to an aromatic ring is 1. The molecule has 0 radical (unpaired) electrons. The molecule has 0 aliphatic rings. The summed E-state index contributed by atoms with van der Waals surface area (Å²) in [5, 5.41) is 15.6. The molecular weight excluding hydrogens is 208 g/mol. The molecule has 1 rings (SSSR count). The zero-order valence-corrected chi connectivity index (χ0v) is 9.82. The van der Waals surface area contributed by atoms with Crippen molar-refractivity contribution in [3.8, 4) is 0 Å². The van der Waals surface area contributed by atoms with Crippen LogP contribution in [0.5, 0.6) is 0 Å². The van der Waals surface area contributed by atoms with Crippen LogP contribution in [0.3, 0.4) is 0 Å². The first-order chi connectivity index (χ1) is 7.45. The van der Waals surface area contributed by atoms with Crippen LogP contribution in [-0.4, -0.2) is 33.4 Å². The van der Waals surface area contributed by atoms with E-state index in [9.17, 15) is 4.79 Å². The van der Waals surface area contributed by atoms with E-state index >= 15 is 0 Å². The summed E-state index contributed by atoms with van der Waals surface area (Å²) in [7, 11) is 0. The second-order valence-electron chi connectivity index (χ2n) is 3.89. The molecule has 1 aromatic rings. The van der Waals surface area contributed by atoms with Crippen LogP contribution in [0.15, 0.2) is 0 Å². The number of rotatable bonds is 4. The summed E-state index contributed by atoms with van der Waals surface area (Å²) in [4.78, 5) is 11.5. The fourth-order valence-corrected chi connectivity index (χ4v) is 1.37. The lowest BCUT2D eigenvalue weighted by Crippen LogP contribution is -2.37. The largest absolute Gasteiger partial charge is 0.396 e. The first-order valence-corrected chi connectivity index (χ1v) is 5.15. The van der Waals surface area contributed by atoms with Crippen molar-refractivity contribution in [1.82, 2.24) is 15.1 Å². The maximum Gasteiger partial charge on any atom is 0.242 e. The SMILES string of the molecule is Cc1nn(CC(=O)N[C@@H](C)CO)c(C)c1N. The Bertz CT molecular complexity index is 386. The molecule has 16 heavy (non-hydrogen) atoms. The highest BCUT2D eigenvalue weighted by Crippen LogP contribution is 2.14. The number of hydrogen-bond donors (Lipinski definition) is 3. The second-order valence-corrected chi connectivity index (χ2v) is 3.89. The van der Waals surface area contributed by atoms with Crippen LogP contribution in [0.4, 0.5) is 5.69 Å². The fraction of sp³-hybridized carbons (Fsp3) is 0.600. The van der Waals surface area contributed by atoms with Crippen LogP contribution in [0.2, 0.25) is 0 Å². The quantitative estimate of drug-likeness (QED) is 0.650. The summed E-state index contributed by atoms with van der Waals surface area (Å²) < 4.78 is 1.56. The van der Waals surface area contributed by atoms with Gasteiger partial charge < -0.3 is 16.2 Å². The van der Waals surface area contributed by atoms with Gasteiger partial charge in [0.15, 0.2) is 0 Å². The number of nitrogens with zero attached hydrogens (tertiary/aromatic N) is 2. The molecule has 6 heteroatoms. The Morgan fingerprint density at radius 3 is 2.69 bits per heavy atom. The highest BCUT2D eigenvalue weighted by molar-refractivity contribution is 5.76. The van der Waals surface area contributed by atoms with E-state index in [0.717, 1.165) is 11.4 Å². The molecule has 1 heterocycles. The van der Waals surface area contributed by atoms with Crippen LogP contribution < -0.4 is 11.1 Å². The Morgan fingerprint density at radius 2 is 2.25 bits per heavy atom. The van der Waals surface area contributed by atoms with Gasteiger partial charge in [-0.2, -0.15) is 5.10 Å². The number of aromatic nitrogens is 2. The predicted molar refractivity (Wildman–Crippen MR) is 60.8 cm³/mol. The van der Waals surface area contributed by atoms with Gasteiger partial charge in [0.1, 0.15) is 6.54 Å². The smallest absolute Gasteiger partial charge is 0.242 e. The van der Waals surface area contributed by atoms with Gasteiger partial charge in [0.25, 0.3) is 0 Å². The molecule has 0 aromatic carbocycles. The number of nitrogens with two attached hydrogens (primary N) is 1. The normalized spacial score (nSPS) is 12.5. The number of hydrogen-bond acceptors (Lipinski definition) is 4. The number of aryl methyl sites for hydroxylation is 1. The van der Waals surface area contributed by atoms with Gasteiger partial charge in [-0.3, -0.25) is 9.48 Å². The lowest BCUT2D eigenvalue weighted by molar-refractivity contribution is -0.122. The van der Waals surface area contributed by atoms with Gasteiger partial charge in [0.2, 0.25) is 5.91 Å². The van der Waals surface area contributed by atoms with Crippen molar-refractivity contribution in [2.45, 2.75) is 33.4 Å². The van der Waals surface area contributed by atoms with Gasteiger partial charge in [-0.05, 0) is 20.8 Å². The first kappa shape index (κ1) is 12.5. The monoisotopic (exact) mass is 226 g/mol. The molecule has 1 atom stereocenters. The molecular formula is C10H18N4O2. The molecule has 6 nitrogen and oxygen atoms in total. The molecule has 0 spiro atoms. The van der Waals surface area contributed by atoms with Crippen molar-refractivity contribution in [3.05, 3.63) is 11.4 Å². The third-order valence-electron chi connectivity index (χ3n) is 2.41. The summed E-state index contributed by atoms with van der Waals surface area (Å²) in [6.45, 7) is 5.39. The molecule has 90 valence electrons. The van der Waals surface area contributed by atoms with E-state index in [1.54, 1.807) is 18.5 Å². The lowest BCUT2D eigenvalue weighted by Gasteiger charge is -2.11. The molecule has 0 saturated heterocycles. The average Bonchev–Trinajstić information content (AvgIpc) is 2.46. The zero-order valence-electron chi connectivity index (χ0n) is 9.82. The third-order valence-corrected chi connectivity index (χ3v) is 2.41. The Labute approximate surface area is 94.4 Å². The summed E-state index contributed by atoms with van der Waals surface area (Å²) >= 11 is 0. The molecule has 0 unspecified atom stereocenters. The van der Waals surface area contributed by atoms with Crippen molar-refractivity contribution in [3.63, 3.8) is 0 Å². The second kappa shape index (κ2) is 4.98. The molecule has 4 N–H and O–H groups in total. The van der Waals surface area contributed by atoms with Gasteiger partial charge >= 0.3 is 0 Å². The number of carbonyl (C=O) groups excluding carboxylic acids is 1. The number of carbonyl (C=O) groups is 1. The lowest BCUT2D eigenvalue weighted by atomic mass is 10.3. The predicted octanol–water partition coefficient (Wildman–Crippen LogP) is -0.421. The first-order valence-electron chi connectivity index (χ1n) is 5.15. The number of anilines is 1. The van der Waals surface area contributed by atoms with Gasteiger partial charge in [0.05, 0.1) is 23.7 Å². The van der Waals surface area contributed by atoms with Crippen molar-refractivity contribution in [2.75, 3.05) is 12.3 Å². The third kappa shape index (κ3) is 2.73. The van der Waals surface area contributed by atoms with E-state index in [1.807, 2.05) is 6.92 Å². The van der Waals surface area contributed by atoms with E-state index in [2.05, 4.69) is 10.4 Å².